The second-order valence-corrected chi connectivity index (χ2v) is 4.03. The normalized spacial score (nSPS) is 11.3. The smallest absolute Gasteiger partial charge is 0.326 e. The fourth-order valence-electron chi connectivity index (χ4n) is 0.900. The van der Waals surface area contributed by atoms with Gasteiger partial charge < -0.3 is 16.2 Å². The minimum absolute atomic E-state index is 0.00360. The number of rotatable bonds is 8. The molecule has 4 amide bonds. The van der Waals surface area contributed by atoms with E-state index in [0.29, 0.717) is 12.2 Å². The van der Waals surface area contributed by atoms with Crippen molar-refractivity contribution in [1.29, 1.82) is 0 Å². The Bertz CT molecular complexity index is 310. The van der Waals surface area contributed by atoms with Crippen LogP contribution in [0.3, 0.4) is 0 Å². The van der Waals surface area contributed by atoms with Crippen molar-refractivity contribution in [2.75, 3.05) is 11.5 Å². The third-order valence-corrected chi connectivity index (χ3v) is 2.60. The summed E-state index contributed by atoms with van der Waals surface area (Å²) in [5, 5.41) is 12.7. The van der Waals surface area contributed by atoms with Gasteiger partial charge >= 0.3 is 12.0 Å². The van der Waals surface area contributed by atoms with Crippen LogP contribution in [-0.4, -0.2) is 47.0 Å². The molecule has 5 N–H and O–H groups in total. The van der Waals surface area contributed by atoms with Gasteiger partial charge in [0.25, 0.3) is 0 Å². The van der Waals surface area contributed by atoms with Gasteiger partial charge in [0, 0.05) is 0 Å². The lowest BCUT2D eigenvalue weighted by molar-refractivity contribution is -0.140. The number of urea groups is 1. The Morgan fingerprint density at radius 3 is 2.53 bits per heavy atom. The van der Waals surface area contributed by atoms with E-state index in [-0.39, 0.29) is 12.2 Å². The van der Waals surface area contributed by atoms with E-state index in [1.165, 1.54) is 0 Å². The molecule has 17 heavy (non-hydrogen) atoms. The quantitative estimate of drug-likeness (QED) is 0.310. The summed E-state index contributed by atoms with van der Waals surface area (Å²) in [7, 11) is 0. The number of carbonyl (C=O) groups excluding carboxylic acids is 3. The van der Waals surface area contributed by atoms with E-state index in [1.54, 1.807) is 0 Å². The van der Waals surface area contributed by atoms with Crippen LogP contribution in [0.2, 0.25) is 0 Å². The predicted molar refractivity (Wildman–Crippen MR) is 60.3 cm³/mol. The van der Waals surface area contributed by atoms with Crippen molar-refractivity contribution in [3.63, 3.8) is 0 Å². The Morgan fingerprint density at radius 2 is 2.06 bits per heavy atom. The number of nitrogens with one attached hydrogen (secondary N) is 2. The van der Waals surface area contributed by atoms with Gasteiger partial charge in [-0.15, -0.1) is 0 Å². The maximum atomic E-state index is 10.9. The molecule has 0 aliphatic carbocycles. The Morgan fingerprint density at radius 1 is 1.41 bits per heavy atom. The summed E-state index contributed by atoms with van der Waals surface area (Å²) in [6, 6.07) is -1.90. The monoisotopic (exact) mass is 263 g/mol. The number of aliphatic carboxylic acids is 1. The van der Waals surface area contributed by atoms with Gasteiger partial charge in [0.05, 0.1) is 5.75 Å². The Labute approximate surface area is 101 Å². The molecule has 9 heteroatoms. The third-order valence-electron chi connectivity index (χ3n) is 1.61. The standard InChI is InChI=1S/C8H13N3O5S/c9-8(16)11-6(13)3-17-2-1-5(7(14)15)10-4-12/h4-5H,1-3H2,(H,10,12)(H,14,15)(H3,9,11,13,16). The summed E-state index contributed by atoms with van der Waals surface area (Å²) < 4.78 is 0. The lowest BCUT2D eigenvalue weighted by Crippen LogP contribution is -2.37. The molecule has 0 saturated carbocycles. The number of amides is 4. The molecule has 1 atom stereocenters. The molecule has 1 unspecified atom stereocenters. The molecule has 0 bridgehead atoms. The second kappa shape index (κ2) is 8.39. The molecule has 8 nitrogen and oxygen atoms in total. The SMILES string of the molecule is NC(=O)NC(=O)CSCCC(NC=O)C(=O)O. The molecule has 0 radical (unpaired) electrons. The molecule has 0 rings (SSSR count). The van der Waals surface area contributed by atoms with Crippen LogP contribution in [0.4, 0.5) is 4.79 Å². The molecule has 0 spiro atoms. The molecule has 0 saturated heterocycles. The third kappa shape index (κ3) is 8.08. The van der Waals surface area contributed by atoms with Crippen LogP contribution < -0.4 is 16.4 Å². The van der Waals surface area contributed by atoms with Crippen molar-refractivity contribution in [1.82, 2.24) is 10.6 Å². The van der Waals surface area contributed by atoms with E-state index in [1.807, 2.05) is 5.32 Å². The number of carboxylic acid groups (broad SMARTS) is 1. The van der Waals surface area contributed by atoms with E-state index >= 15 is 0 Å². The minimum Gasteiger partial charge on any atom is -0.480 e. The van der Waals surface area contributed by atoms with Gasteiger partial charge in [0.15, 0.2) is 0 Å². The minimum atomic E-state index is -1.14. The molecule has 0 aromatic rings. The average molecular weight is 263 g/mol. The molecular weight excluding hydrogens is 250 g/mol. The molecule has 96 valence electrons. The summed E-state index contributed by atoms with van der Waals surface area (Å²) in [4.78, 5) is 41.9. The van der Waals surface area contributed by atoms with E-state index in [9.17, 15) is 19.2 Å². The summed E-state index contributed by atoms with van der Waals surface area (Å²) in [6.07, 6.45) is 0.492. The fourth-order valence-corrected chi connectivity index (χ4v) is 1.70. The summed E-state index contributed by atoms with van der Waals surface area (Å²) in [6.45, 7) is 0. The number of thioether (sulfide) groups is 1. The fraction of sp³-hybridized carbons (Fsp3) is 0.500. The van der Waals surface area contributed by atoms with Gasteiger partial charge in [-0.2, -0.15) is 11.8 Å². The first-order valence-corrected chi connectivity index (χ1v) is 5.72. The largest absolute Gasteiger partial charge is 0.480 e. The Hall–Kier alpha value is -1.77. The zero-order valence-electron chi connectivity index (χ0n) is 8.84. The van der Waals surface area contributed by atoms with E-state index < -0.39 is 23.9 Å². The maximum absolute atomic E-state index is 10.9. The highest BCUT2D eigenvalue weighted by molar-refractivity contribution is 7.99. The summed E-state index contributed by atoms with van der Waals surface area (Å²) in [5.74, 6) is -1.34. The topological polar surface area (TPSA) is 139 Å². The van der Waals surface area contributed by atoms with Crippen LogP contribution >= 0.6 is 11.8 Å². The number of primary amides is 1. The first-order chi connectivity index (χ1) is 7.97. The lowest BCUT2D eigenvalue weighted by atomic mass is 10.2. The molecule has 0 aromatic heterocycles. The summed E-state index contributed by atoms with van der Waals surface area (Å²) in [5.41, 5.74) is 4.72. The number of imide groups is 1. The molecule has 0 aliphatic heterocycles. The predicted octanol–water partition coefficient (Wildman–Crippen LogP) is -1.50. The van der Waals surface area contributed by atoms with Crippen LogP contribution in [0, 0.1) is 0 Å². The van der Waals surface area contributed by atoms with Crippen LogP contribution in [-0.2, 0) is 14.4 Å². The van der Waals surface area contributed by atoms with Crippen molar-refractivity contribution >= 4 is 36.1 Å². The highest BCUT2D eigenvalue weighted by Gasteiger charge is 2.15. The second-order valence-electron chi connectivity index (χ2n) is 2.93. The van der Waals surface area contributed by atoms with Gasteiger partial charge in [-0.25, -0.2) is 9.59 Å². The molecule has 0 aromatic carbocycles. The number of nitrogens with two attached hydrogens (primary N) is 1. The average Bonchev–Trinajstić information content (AvgIpc) is 2.21. The van der Waals surface area contributed by atoms with Crippen LogP contribution in [0.15, 0.2) is 0 Å². The summed E-state index contributed by atoms with van der Waals surface area (Å²) >= 11 is 1.14. The first-order valence-electron chi connectivity index (χ1n) is 4.57. The van der Waals surface area contributed by atoms with Crippen molar-refractivity contribution in [2.24, 2.45) is 5.73 Å². The number of hydrogen-bond acceptors (Lipinski definition) is 5. The Balaban J connectivity index is 3.74. The molecule has 0 fully saturated rings. The maximum Gasteiger partial charge on any atom is 0.326 e. The first kappa shape index (κ1) is 15.2. The molecule has 0 heterocycles. The van der Waals surface area contributed by atoms with Gasteiger partial charge in [0.1, 0.15) is 6.04 Å². The van der Waals surface area contributed by atoms with Crippen LogP contribution in [0.5, 0.6) is 0 Å². The van der Waals surface area contributed by atoms with Crippen LogP contribution in [0.1, 0.15) is 6.42 Å². The van der Waals surface area contributed by atoms with Crippen molar-refractivity contribution in [3.8, 4) is 0 Å². The van der Waals surface area contributed by atoms with E-state index in [2.05, 4.69) is 5.32 Å². The van der Waals surface area contributed by atoms with E-state index in [0.717, 1.165) is 11.8 Å². The van der Waals surface area contributed by atoms with Gasteiger partial charge in [-0.3, -0.25) is 14.9 Å². The Kier molecular flexibility index (Phi) is 7.52. The van der Waals surface area contributed by atoms with Crippen molar-refractivity contribution in [2.45, 2.75) is 12.5 Å². The number of hydrogen-bond donors (Lipinski definition) is 4. The van der Waals surface area contributed by atoms with Gasteiger partial charge in [0.2, 0.25) is 12.3 Å². The van der Waals surface area contributed by atoms with Crippen LogP contribution in [0.25, 0.3) is 0 Å². The van der Waals surface area contributed by atoms with Gasteiger partial charge in [-0.1, -0.05) is 0 Å². The van der Waals surface area contributed by atoms with Crippen molar-refractivity contribution in [3.05, 3.63) is 0 Å². The lowest BCUT2D eigenvalue weighted by Gasteiger charge is -2.09. The molecular formula is C8H13N3O5S. The zero-order chi connectivity index (χ0) is 13.3. The van der Waals surface area contributed by atoms with Gasteiger partial charge in [-0.05, 0) is 12.2 Å². The number of carbonyl (C=O) groups is 4. The van der Waals surface area contributed by atoms with Crippen molar-refractivity contribution < 1.29 is 24.3 Å². The zero-order valence-corrected chi connectivity index (χ0v) is 9.66. The number of carboxylic acids is 1. The highest BCUT2D eigenvalue weighted by atomic mass is 32.2. The van der Waals surface area contributed by atoms with E-state index in [4.69, 9.17) is 10.8 Å². The highest BCUT2D eigenvalue weighted by Crippen LogP contribution is 2.04. The molecule has 0 aliphatic rings.